The maximum absolute atomic E-state index is 6.65. The normalized spacial score (nSPS) is 11.7. The van der Waals surface area contributed by atoms with Gasteiger partial charge in [0.15, 0.2) is 0 Å². The second-order valence-electron chi connectivity index (χ2n) is 12.6. The Hall–Kier alpha value is -6.58. The summed E-state index contributed by atoms with van der Waals surface area (Å²) < 4.78 is 8.98. The molecule has 230 valence electrons. The van der Waals surface area contributed by atoms with Gasteiger partial charge in [-0.3, -0.25) is 0 Å². The van der Waals surface area contributed by atoms with Gasteiger partial charge < -0.3 is 13.9 Å². The van der Waals surface area contributed by atoms with Gasteiger partial charge in [0.2, 0.25) is 0 Å². The van der Waals surface area contributed by atoms with Crippen molar-refractivity contribution in [3.05, 3.63) is 182 Å². The molecule has 0 saturated carbocycles. The second kappa shape index (κ2) is 11.0. The van der Waals surface area contributed by atoms with Crippen LogP contribution in [0.4, 0.5) is 17.1 Å². The van der Waals surface area contributed by atoms with Crippen molar-refractivity contribution in [1.82, 2.24) is 4.57 Å². The summed E-state index contributed by atoms with van der Waals surface area (Å²) in [5, 5.41) is 7.21. The Morgan fingerprint density at radius 3 is 1.69 bits per heavy atom. The van der Waals surface area contributed by atoms with Crippen molar-refractivity contribution in [3.8, 4) is 16.8 Å². The number of benzene rings is 8. The first-order chi connectivity index (χ1) is 24.3. The van der Waals surface area contributed by atoms with E-state index < -0.39 is 0 Å². The summed E-state index contributed by atoms with van der Waals surface area (Å²) in [4.78, 5) is 2.29. The zero-order valence-electron chi connectivity index (χ0n) is 26.6. The lowest BCUT2D eigenvalue weighted by molar-refractivity contribution is 0.668. The van der Waals surface area contributed by atoms with Crippen LogP contribution in [0.3, 0.4) is 0 Å². The van der Waals surface area contributed by atoms with E-state index in [0.29, 0.717) is 0 Å². The highest BCUT2D eigenvalue weighted by Crippen LogP contribution is 2.40. The minimum atomic E-state index is 0.862. The fourth-order valence-corrected chi connectivity index (χ4v) is 7.43. The van der Waals surface area contributed by atoms with Crippen molar-refractivity contribution in [2.24, 2.45) is 0 Å². The zero-order chi connectivity index (χ0) is 32.3. The Balaban J connectivity index is 1.07. The van der Waals surface area contributed by atoms with Gasteiger partial charge in [-0.15, -0.1) is 0 Å². The lowest BCUT2D eigenvalue weighted by Crippen LogP contribution is -2.09. The highest BCUT2D eigenvalue weighted by atomic mass is 16.3. The Morgan fingerprint density at radius 1 is 0.367 bits per heavy atom. The van der Waals surface area contributed by atoms with Crippen LogP contribution in [0.1, 0.15) is 0 Å². The molecule has 2 heterocycles. The molecule has 0 bridgehead atoms. The van der Waals surface area contributed by atoms with Gasteiger partial charge >= 0.3 is 0 Å². The van der Waals surface area contributed by atoms with Crippen molar-refractivity contribution < 1.29 is 4.42 Å². The number of hydrogen-bond acceptors (Lipinski definition) is 2. The predicted octanol–water partition coefficient (Wildman–Crippen LogP) is 13.0. The Kier molecular flexibility index (Phi) is 6.18. The van der Waals surface area contributed by atoms with E-state index in [1.54, 1.807) is 0 Å². The molecule has 0 N–H and O–H groups in total. The van der Waals surface area contributed by atoms with Crippen LogP contribution >= 0.6 is 0 Å². The number of nitrogens with zero attached hydrogens (tertiary/aromatic N) is 2. The fourth-order valence-electron chi connectivity index (χ4n) is 7.43. The van der Waals surface area contributed by atoms with E-state index in [1.807, 2.05) is 0 Å². The van der Waals surface area contributed by atoms with Crippen LogP contribution in [-0.4, -0.2) is 4.57 Å². The van der Waals surface area contributed by atoms with Crippen molar-refractivity contribution in [3.63, 3.8) is 0 Å². The third kappa shape index (κ3) is 4.51. The summed E-state index contributed by atoms with van der Waals surface area (Å²) in [6, 6.07) is 64.9. The van der Waals surface area contributed by atoms with Crippen molar-refractivity contribution in [2.75, 3.05) is 4.90 Å². The van der Waals surface area contributed by atoms with Crippen LogP contribution < -0.4 is 4.90 Å². The topological polar surface area (TPSA) is 21.3 Å². The molecule has 0 fully saturated rings. The molecule has 3 heteroatoms. The number of furan rings is 1. The molecule has 0 aliphatic heterocycles. The molecular formula is C46H30N2O. The molecule has 10 aromatic rings. The number of fused-ring (bicyclic) bond motifs is 7. The molecule has 0 saturated heterocycles. The molecule has 8 aromatic carbocycles. The number of hydrogen-bond donors (Lipinski definition) is 0. The van der Waals surface area contributed by atoms with E-state index in [9.17, 15) is 0 Å². The third-order valence-corrected chi connectivity index (χ3v) is 9.76. The number of rotatable bonds is 5. The molecule has 0 radical (unpaired) electrons. The molecule has 2 aromatic heterocycles. The van der Waals surface area contributed by atoms with Crippen molar-refractivity contribution in [2.45, 2.75) is 0 Å². The summed E-state index contributed by atoms with van der Waals surface area (Å²) in [5.74, 6) is 0. The standard InChI is InChI=1S/C46H30N2O/c1-2-12-35(13-3-1)47(36-22-20-32(21-23-36)34-19-18-31-10-4-5-11-33(31)28-34)37-24-26-41-42-27-25-38(30-46(42)49-45(41)29-37)48-43-16-8-6-14-39(43)40-15-7-9-17-44(40)48/h1-30H. The second-order valence-corrected chi connectivity index (χ2v) is 12.6. The number of anilines is 3. The zero-order valence-corrected chi connectivity index (χ0v) is 26.6. The number of aromatic nitrogens is 1. The molecule has 0 atom stereocenters. The number of para-hydroxylation sites is 3. The van der Waals surface area contributed by atoms with Gasteiger partial charge in [-0.05, 0) is 88.6 Å². The van der Waals surface area contributed by atoms with Gasteiger partial charge in [0.05, 0.1) is 11.0 Å². The first-order valence-electron chi connectivity index (χ1n) is 16.7. The quantitative estimate of drug-likeness (QED) is 0.190. The summed E-state index contributed by atoms with van der Waals surface area (Å²) in [6.45, 7) is 0. The highest BCUT2D eigenvalue weighted by molar-refractivity contribution is 6.10. The molecule has 0 amide bonds. The van der Waals surface area contributed by atoms with Gasteiger partial charge in [-0.1, -0.05) is 103 Å². The maximum atomic E-state index is 6.65. The third-order valence-electron chi connectivity index (χ3n) is 9.76. The lowest BCUT2D eigenvalue weighted by atomic mass is 10.0. The van der Waals surface area contributed by atoms with Crippen LogP contribution in [0.2, 0.25) is 0 Å². The molecule has 49 heavy (non-hydrogen) atoms. The van der Waals surface area contributed by atoms with Crippen LogP contribution in [-0.2, 0) is 0 Å². The summed E-state index contributed by atoms with van der Waals surface area (Å²) in [5.41, 5.74) is 10.8. The highest BCUT2D eigenvalue weighted by Gasteiger charge is 2.17. The van der Waals surface area contributed by atoms with E-state index >= 15 is 0 Å². The Bertz CT molecular complexity index is 2770. The Labute approximate surface area is 283 Å². The molecule has 0 aliphatic rings. The molecule has 0 unspecified atom stereocenters. The van der Waals surface area contributed by atoms with Gasteiger partial charge in [-0.25, -0.2) is 0 Å². The maximum Gasteiger partial charge on any atom is 0.137 e. The molecule has 0 spiro atoms. The minimum absolute atomic E-state index is 0.862. The predicted molar refractivity (Wildman–Crippen MR) is 206 cm³/mol. The molecule has 10 rings (SSSR count). The van der Waals surface area contributed by atoms with Crippen LogP contribution in [0.15, 0.2) is 186 Å². The molecular weight excluding hydrogens is 597 g/mol. The van der Waals surface area contributed by atoms with Crippen molar-refractivity contribution in [1.29, 1.82) is 0 Å². The average Bonchev–Trinajstić information content (AvgIpc) is 3.70. The van der Waals surface area contributed by atoms with E-state index in [2.05, 4.69) is 191 Å². The summed E-state index contributed by atoms with van der Waals surface area (Å²) in [7, 11) is 0. The Morgan fingerprint density at radius 2 is 0.939 bits per heavy atom. The lowest BCUT2D eigenvalue weighted by Gasteiger charge is -2.25. The van der Waals surface area contributed by atoms with E-state index in [1.165, 1.54) is 43.7 Å². The summed E-state index contributed by atoms with van der Waals surface area (Å²) >= 11 is 0. The van der Waals surface area contributed by atoms with E-state index in [-0.39, 0.29) is 0 Å². The molecule has 3 nitrogen and oxygen atoms in total. The first-order valence-corrected chi connectivity index (χ1v) is 16.7. The fraction of sp³-hybridized carbons (Fsp3) is 0. The SMILES string of the molecule is c1ccc(N(c2ccc(-c3ccc4ccccc4c3)cc2)c2ccc3c(c2)oc2cc(-n4c5ccccc5c5ccccc54)ccc23)cc1. The minimum Gasteiger partial charge on any atom is -0.456 e. The molecule has 0 aliphatic carbocycles. The van der Waals surface area contributed by atoms with Crippen LogP contribution in [0.5, 0.6) is 0 Å². The smallest absolute Gasteiger partial charge is 0.137 e. The largest absolute Gasteiger partial charge is 0.456 e. The van der Waals surface area contributed by atoms with E-state index in [0.717, 1.165) is 44.7 Å². The van der Waals surface area contributed by atoms with Crippen LogP contribution in [0, 0.1) is 0 Å². The van der Waals surface area contributed by atoms with Gasteiger partial charge in [0, 0.05) is 56.4 Å². The van der Waals surface area contributed by atoms with Crippen molar-refractivity contribution >= 4 is 71.6 Å². The van der Waals surface area contributed by atoms with Crippen LogP contribution in [0.25, 0.3) is 71.3 Å². The monoisotopic (exact) mass is 626 g/mol. The van der Waals surface area contributed by atoms with Gasteiger partial charge in [-0.2, -0.15) is 0 Å². The van der Waals surface area contributed by atoms with Gasteiger partial charge in [0.25, 0.3) is 0 Å². The van der Waals surface area contributed by atoms with E-state index in [4.69, 9.17) is 4.42 Å². The summed E-state index contributed by atoms with van der Waals surface area (Å²) in [6.07, 6.45) is 0. The van der Waals surface area contributed by atoms with Gasteiger partial charge in [0.1, 0.15) is 11.2 Å². The average molecular weight is 627 g/mol. The first kappa shape index (κ1) is 27.5.